The summed E-state index contributed by atoms with van der Waals surface area (Å²) in [4.78, 5) is 12.7. The predicted octanol–water partition coefficient (Wildman–Crippen LogP) is 6.07. The monoisotopic (exact) mass is 440 g/mol. The molecule has 1 heterocycles. The van der Waals surface area contributed by atoms with E-state index in [0.29, 0.717) is 22.5 Å². The molecule has 0 aliphatic carbocycles. The van der Waals surface area contributed by atoms with Crippen LogP contribution in [-0.4, -0.2) is 0 Å². The number of halogens is 2. The zero-order valence-electron chi connectivity index (χ0n) is 14.5. The van der Waals surface area contributed by atoms with Crippen molar-refractivity contribution in [3.8, 4) is 17.2 Å². The Morgan fingerprint density at radius 3 is 2.54 bits per heavy atom. The molecule has 0 aliphatic heterocycles. The van der Waals surface area contributed by atoms with Crippen molar-refractivity contribution >= 4 is 26.9 Å². The van der Waals surface area contributed by atoms with Gasteiger partial charge in [0.2, 0.25) is 11.2 Å². The van der Waals surface area contributed by atoms with E-state index >= 15 is 0 Å². The van der Waals surface area contributed by atoms with Crippen molar-refractivity contribution in [3.63, 3.8) is 0 Å². The zero-order valence-corrected chi connectivity index (χ0v) is 16.1. The van der Waals surface area contributed by atoms with Crippen molar-refractivity contribution in [1.82, 2.24) is 0 Å². The molecule has 1 aromatic heterocycles. The fourth-order valence-electron chi connectivity index (χ4n) is 2.64. The van der Waals surface area contributed by atoms with Crippen LogP contribution in [0.25, 0.3) is 11.0 Å². The zero-order chi connectivity index (χ0) is 19.5. The van der Waals surface area contributed by atoms with Crippen molar-refractivity contribution in [2.24, 2.45) is 0 Å². The molecule has 0 saturated heterocycles. The molecule has 4 nitrogen and oxygen atoms in total. The van der Waals surface area contributed by atoms with Crippen molar-refractivity contribution in [1.29, 1.82) is 0 Å². The molecule has 0 amide bonds. The Balaban J connectivity index is 1.56. The molecule has 4 rings (SSSR count). The molecule has 0 saturated carbocycles. The smallest absolute Gasteiger partial charge is 0.235 e. The first kappa shape index (κ1) is 18.3. The molecular weight excluding hydrogens is 427 g/mol. The molecule has 0 fully saturated rings. The standard InChI is InChI=1S/C22H14BrFO4/c23-18-3-1-2-4-19(18)28-21-13-27-20-11-16(9-10-17(20)22(21)25)26-12-14-5-7-15(24)8-6-14/h1-11,13H,12H2. The molecule has 0 radical (unpaired) electrons. The SMILES string of the molecule is O=c1c(Oc2ccccc2Br)coc2cc(OCc3ccc(F)cc3)ccc12. The van der Waals surface area contributed by atoms with Gasteiger partial charge in [-0.1, -0.05) is 24.3 Å². The summed E-state index contributed by atoms with van der Waals surface area (Å²) in [7, 11) is 0. The Bertz CT molecular complexity index is 1190. The normalized spacial score (nSPS) is 10.8. The third-order valence-corrected chi connectivity index (χ3v) is 4.74. The maximum absolute atomic E-state index is 13.0. The van der Waals surface area contributed by atoms with Crippen LogP contribution in [0, 0.1) is 5.82 Å². The maximum atomic E-state index is 13.0. The first-order valence-electron chi connectivity index (χ1n) is 8.45. The number of para-hydroxylation sites is 1. The summed E-state index contributed by atoms with van der Waals surface area (Å²) in [5.74, 6) is 0.865. The Morgan fingerprint density at radius 2 is 1.75 bits per heavy atom. The average Bonchev–Trinajstić information content (AvgIpc) is 2.71. The number of ether oxygens (including phenoxy) is 2. The molecule has 28 heavy (non-hydrogen) atoms. The molecule has 0 N–H and O–H groups in total. The van der Waals surface area contributed by atoms with Crippen molar-refractivity contribution < 1.29 is 18.3 Å². The highest BCUT2D eigenvalue weighted by Crippen LogP contribution is 2.29. The molecule has 0 spiro atoms. The topological polar surface area (TPSA) is 48.7 Å². The van der Waals surface area contributed by atoms with E-state index < -0.39 is 0 Å². The van der Waals surface area contributed by atoms with Gasteiger partial charge in [-0.05, 0) is 57.9 Å². The molecular formula is C22H14BrFO4. The van der Waals surface area contributed by atoms with Crippen molar-refractivity contribution in [2.45, 2.75) is 6.61 Å². The number of rotatable bonds is 5. The summed E-state index contributed by atoms with van der Waals surface area (Å²) in [6, 6.07) is 18.3. The fourth-order valence-corrected chi connectivity index (χ4v) is 3.01. The molecule has 0 unspecified atom stereocenters. The first-order valence-corrected chi connectivity index (χ1v) is 9.24. The second-order valence-electron chi connectivity index (χ2n) is 6.03. The largest absolute Gasteiger partial charge is 0.489 e. The second kappa shape index (κ2) is 7.86. The van der Waals surface area contributed by atoms with Gasteiger partial charge in [0.25, 0.3) is 0 Å². The fraction of sp³-hybridized carbons (Fsp3) is 0.0455. The second-order valence-corrected chi connectivity index (χ2v) is 6.89. The van der Waals surface area contributed by atoms with Crippen LogP contribution < -0.4 is 14.9 Å². The van der Waals surface area contributed by atoms with Gasteiger partial charge < -0.3 is 13.9 Å². The van der Waals surface area contributed by atoms with E-state index in [9.17, 15) is 9.18 Å². The third-order valence-electron chi connectivity index (χ3n) is 4.09. The lowest BCUT2D eigenvalue weighted by atomic mass is 10.2. The van der Waals surface area contributed by atoms with E-state index in [1.54, 1.807) is 36.4 Å². The predicted molar refractivity (Wildman–Crippen MR) is 107 cm³/mol. The summed E-state index contributed by atoms with van der Waals surface area (Å²) in [5.41, 5.74) is 0.948. The van der Waals surface area contributed by atoms with E-state index in [1.807, 2.05) is 18.2 Å². The van der Waals surface area contributed by atoms with Crippen LogP contribution in [0.5, 0.6) is 17.2 Å². The summed E-state index contributed by atoms with van der Waals surface area (Å²) < 4.78 is 30.6. The molecule has 0 atom stereocenters. The van der Waals surface area contributed by atoms with Crippen LogP contribution in [0.2, 0.25) is 0 Å². The molecule has 0 aliphatic rings. The first-order chi connectivity index (χ1) is 13.6. The van der Waals surface area contributed by atoms with E-state index in [1.165, 1.54) is 18.4 Å². The minimum Gasteiger partial charge on any atom is -0.489 e. The summed E-state index contributed by atoms with van der Waals surface area (Å²) in [6.07, 6.45) is 1.29. The van der Waals surface area contributed by atoms with E-state index in [0.717, 1.165) is 10.0 Å². The number of benzene rings is 3. The average molecular weight is 441 g/mol. The third kappa shape index (κ3) is 3.92. The van der Waals surface area contributed by atoms with Crippen LogP contribution in [0.4, 0.5) is 4.39 Å². The minimum atomic E-state index is -0.295. The van der Waals surface area contributed by atoms with Crippen LogP contribution in [0.3, 0.4) is 0 Å². The van der Waals surface area contributed by atoms with Gasteiger partial charge in [0, 0.05) is 6.07 Å². The Hall–Kier alpha value is -3.12. The van der Waals surface area contributed by atoms with Gasteiger partial charge in [-0.25, -0.2) is 4.39 Å². The van der Waals surface area contributed by atoms with Gasteiger partial charge in [0.05, 0.1) is 9.86 Å². The highest BCUT2D eigenvalue weighted by Gasteiger charge is 2.11. The summed E-state index contributed by atoms with van der Waals surface area (Å²) >= 11 is 3.38. The summed E-state index contributed by atoms with van der Waals surface area (Å²) in [5, 5.41) is 0.388. The van der Waals surface area contributed by atoms with Gasteiger partial charge in [-0.2, -0.15) is 0 Å². The van der Waals surface area contributed by atoms with Crippen molar-refractivity contribution in [3.05, 3.63) is 99.1 Å². The molecule has 6 heteroatoms. The number of hydrogen-bond acceptors (Lipinski definition) is 4. The van der Waals surface area contributed by atoms with Gasteiger partial charge >= 0.3 is 0 Å². The van der Waals surface area contributed by atoms with Gasteiger partial charge in [0.1, 0.15) is 35.8 Å². The number of fused-ring (bicyclic) bond motifs is 1. The lowest BCUT2D eigenvalue weighted by molar-refractivity contribution is 0.306. The molecule has 0 bridgehead atoms. The molecule has 140 valence electrons. The summed E-state index contributed by atoms with van der Waals surface area (Å²) in [6.45, 7) is 0.277. The van der Waals surface area contributed by atoms with Crippen LogP contribution in [0.15, 0.2) is 86.7 Å². The Morgan fingerprint density at radius 1 is 0.964 bits per heavy atom. The molecule has 4 aromatic rings. The Labute approximate surface area is 168 Å². The van der Waals surface area contributed by atoms with Gasteiger partial charge in [0.15, 0.2) is 0 Å². The van der Waals surface area contributed by atoms with E-state index in [4.69, 9.17) is 13.9 Å². The lowest BCUT2D eigenvalue weighted by Crippen LogP contribution is -2.05. The highest BCUT2D eigenvalue weighted by molar-refractivity contribution is 9.10. The Kier molecular flexibility index (Phi) is 5.12. The molecule has 3 aromatic carbocycles. The van der Waals surface area contributed by atoms with Gasteiger partial charge in [-0.15, -0.1) is 0 Å². The van der Waals surface area contributed by atoms with E-state index in [2.05, 4.69) is 15.9 Å². The lowest BCUT2D eigenvalue weighted by Gasteiger charge is -2.09. The van der Waals surface area contributed by atoms with Gasteiger partial charge in [-0.3, -0.25) is 4.79 Å². The maximum Gasteiger partial charge on any atom is 0.235 e. The van der Waals surface area contributed by atoms with Crippen molar-refractivity contribution in [2.75, 3.05) is 0 Å². The quantitative estimate of drug-likeness (QED) is 0.378. The highest BCUT2D eigenvalue weighted by atomic mass is 79.9. The van der Waals surface area contributed by atoms with Crippen LogP contribution >= 0.6 is 15.9 Å². The number of hydrogen-bond donors (Lipinski definition) is 0. The van der Waals surface area contributed by atoms with Crippen LogP contribution in [0.1, 0.15) is 5.56 Å². The minimum absolute atomic E-state index is 0.0966. The van der Waals surface area contributed by atoms with E-state index in [-0.39, 0.29) is 23.6 Å². The van der Waals surface area contributed by atoms with Crippen LogP contribution in [-0.2, 0) is 6.61 Å².